The molecule has 0 spiro atoms. The molecule has 2 N–H and O–H groups in total. The Labute approximate surface area is 72.2 Å². The van der Waals surface area contributed by atoms with Gasteiger partial charge in [-0.15, -0.1) is 0 Å². The van der Waals surface area contributed by atoms with E-state index in [1.807, 2.05) is 0 Å². The predicted molar refractivity (Wildman–Crippen MR) is 47.8 cm³/mol. The lowest BCUT2D eigenvalue weighted by atomic mass is 10.00. The standard InChI is InChI=1S/C10H13NO/c1-7-3-2-4-8-5-11-9(6-12)10(7)8/h2-4,9,11-12H,5-6H2,1H3. The molecule has 0 aliphatic carbocycles. The molecule has 1 heterocycles. The van der Waals surface area contributed by atoms with Crippen molar-refractivity contribution in [2.75, 3.05) is 6.61 Å². The third-order valence-corrected chi connectivity index (χ3v) is 2.48. The summed E-state index contributed by atoms with van der Waals surface area (Å²) in [6, 6.07) is 6.43. The van der Waals surface area contributed by atoms with Crippen molar-refractivity contribution in [2.45, 2.75) is 19.5 Å². The quantitative estimate of drug-likeness (QED) is 0.650. The van der Waals surface area contributed by atoms with E-state index in [4.69, 9.17) is 5.11 Å². The molecule has 2 rings (SSSR count). The number of aliphatic hydroxyl groups is 1. The SMILES string of the molecule is Cc1cccc2c1C(CO)NC2. The number of fused-ring (bicyclic) bond motifs is 1. The van der Waals surface area contributed by atoms with Gasteiger partial charge in [-0.25, -0.2) is 0 Å². The molecule has 0 bridgehead atoms. The van der Waals surface area contributed by atoms with E-state index in [1.165, 1.54) is 16.7 Å². The molecule has 64 valence electrons. The van der Waals surface area contributed by atoms with E-state index < -0.39 is 0 Å². The van der Waals surface area contributed by atoms with Crippen LogP contribution >= 0.6 is 0 Å². The van der Waals surface area contributed by atoms with E-state index in [1.54, 1.807) is 0 Å². The maximum atomic E-state index is 9.07. The number of hydrogen-bond acceptors (Lipinski definition) is 2. The summed E-state index contributed by atoms with van der Waals surface area (Å²) in [4.78, 5) is 0. The number of aryl methyl sites for hydroxylation is 1. The van der Waals surface area contributed by atoms with Gasteiger partial charge in [0.25, 0.3) is 0 Å². The van der Waals surface area contributed by atoms with E-state index >= 15 is 0 Å². The van der Waals surface area contributed by atoms with Gasteiger partial charge in [0.05, 0.1) is 12.6 Å². The van der Waals surface area contributed by atoms with Crippen LogP contribution < -0.4 is 5.32 Å². The van der Waals surface area contributed by atoms with Crippen molar-refractivity contribution in [1.82, 2.24) is 5.32 Å². The van der Waals surface area contributed by atoms with Gasteiger partial charge in [-0.3, -0.25) is 0 Å². The second kappa shape index (κ2) is 2.88. The third kappa shape index (κ3) is 1.04. The second-order valence-electron chi connectivity index (χ2n) is 3.26. The molecular weight excluding hydrogens is 150 g/mol. The molecule has 12 heavy (non-hydrogen) atoms. The Bertz CT molecular complexity index is 296. The Morgan fingerprint density at radius 1 is 1.58 bits per heavy atom. The van der Waals surface area contributed by atoms with Crippen LogP contribution in [0.25, 0.3) is 0 Å². The van der Waals surface area contributed by atoms with Gasteiger partial charge in [0.1, 0.15) is 0 Å². The fraction of sp³-hybridized carbons (Fsp3) is 0.400. The molecule has 0 radical (unpaired) electrons. The van der Waals surface area contributed by atoms with Gasteiger partial charge in [0.15, 0.2) is 0 Å². The highest BCUT2D eigenvalue weighted by Crippen LogP contribution is 2.27. The van der Waals surface area contributed by atoms with Gasteiger partial charge in [-0.05, 0) is 23.6 Å². The molecular formula is C10H13NO. The smallest absolute Gasteiger partial charge is 0.0626 e. The molecule has 2 nitrogen and oxygen atoms in total. The van der Waals surface area contributed by atoms with E-state index in [-0.39, 0.29) is 12.6 Å². The lowest BCUT2D eigenvalue weighted by Crippen LogP contribution is -2.16. The molecule has 0 aromatic heterocycles. The van der Waals surface area contributed by atoms with Crippen molar-refractivity contribution < 1.29 is 5.11 Å². The summed E-state index contributed by atoms with van der Waals surface area (Å²) in [5.74, 6) is 0. The van der Waals surface area contributed by atoms with Crippen molar-refractivity contribution >= 4 is 0 Å². The number of aliphatic hydroxyl groups excluding tert-OH is 1. The van der Waals surface area contributed by atoms with Crippen LogP contribution in [0.15, 0.2) is 18.2 Å². The summed E-state index contributed by atoms with van der Waals surface area (Å²) in [5, 5.41) is 12.3. The summed E-state index contributed by atoms with van der Waals surface area (Å²) in [6.07, 6.45) is 0. The minimum atomic E-state index is 0.154. The highest BCUT2D eigenvalue weighted by atomic mass is 16.3. The molecule has 1 aliphatic rings. The van der Waals surface area contributed by atoms with Crippen LogP contribution in [0.3, 0.4) is 0 Å². The van der Waals surface area contributed by atoms with Crippen LogP contribution in [0.2, 0.25) is 0 Å². The van der Waals surface area contributed by atoms with Crippen molar-refractivity contribution in [2.24, 2.45) is 0 Å². The van der Waals surface area contributed by atoms with Crippen molar-refractivity contribution in [3.05, 3.63) is 34.9 Å². The van der Waals surface area contributed by atoms with Crippen LogP contribution in [0.5, 0.6) is 0 Å². The van der Waals surface area contributed by atoms with Gasteiger partial charge in [-0.1, -0.05) is 18.2 Å². The van der Waals surface area contributed by atoms with Crippen molar-refractivity contribution in [1.29, 1.82) is 0 Å². The van der Waals surface area contributed by atoms with Gasteiger partial charge >= 0.3 is 0 Å². The molecule has 0 amide bonds. The van der Waals surface area contributed by atoms with E-state index in [2.05, 4.69) is 30.4 Å². The fourth-order valence-electron chi connectivity index (χ4n) is 1.89. The lowest BCUT2D eigenvalue weighted by molar-refractivity contribution is 0.251. The molecule has 1 aliphatic heterocycles. The summed E-state index contributed by atoms with van der Waals surface area (Å²) < 4.78 is 0. The first-order valence-corrected chi connectivity index (χ1v) is 4.25. The van der Waals surface area contributed by atoms with Gasteiger partial charge in [0.2, 0.25) is 0 Å². The molecule has 1 aromatic rings. The number of hydrogen-bond donors (Lipinski definition) is 2. The zero-order valence-corrected chi connectivity index (χ0v) is 7.17. The summed E-state index contributed by atoms with van der Waals surface area (Å²) in [7, 11) is 0. The van der Waals surface area contributed by atoms with E-state index in [0.29, 0.717) is 0 Å². The highest BCUT2D eigenvalue weighted by molar-refractivity contribution is 5.40. The molecule has 1 atom stereocenters. The summed E-state index contributed by atoms with van der Waals surface area (Å²) in [6.45, 7) is 3.18. The molecule has 0 saturated heterocycles. The largest absolute Gasteiger partial charge is 0.394 e. The maximum Gasteiger partial charge on any atom is 0.0626 e. The first-order chi connectivity index (χ1) is 5.83. The fourth-order valence-corrected chi connectivity index (χ4v) is 1.89. The van der Waals surface area contributed by atoms with E-state index in [9.17, 15) is 0 Å². The Morgan fingerprint density at radius 2 is 2.42 bits per heavy atom. The normalized spacial score (nSPS) is 21.0. The number of nitrogens with one attached hydrogen (secondary N) is 1. The molecule has 0 saturated carbocycles. The van der Waals surface area contributed by atoms with Crippen LogP contribution in [0.1, 0.15) is 22.7 Å². The van der Waals surface area contributed by atoms with Crippen LogP contribution in [-0.2, 0) is 6.54 Å². The predicted octanol–water partition coefficient (Wildman–Crippen LogP) is 1.13. The zero-order chi connectivity index (χ0) is 8.55. The average molecular weight is 163 g/mol. The molecule has 2 heteroatoms. The topological polar surface area (TPSA) is 32.3 Å². The molecule has 1 unspecified atom stereocenters. The van der Waals surface area contributed by atoms with Crippen LogP contribution in [0, 0.1) is 6.92 Å². The van der Waals surface area contributed by atoms with Crippen LogP contribution in [0.4, 0.5) is 0 Å². The van der Waals surface area contributed by atoms with Gasteiger partial charge in [-0.2, -0.15) is 0 Å². The van der Waals surface area contributed by atoms with Crippen molar-refractivity contribution in [3.8, 4) is 0 Å². The monoisotopic (exact) mass is 163 g/mol. The Hall–Kier alpha value is -0.860. The Kier molecular flexibility index (Phi) is 1.87. The zero-order valence-electron chi connectivity index (χ0n) is 7.17. The minimum Gasteiger partial charge on any atom is -0.394 e. The molecule has 1 aromatic carbocycles. The Morgan fingerprint density at radius 3 is 3.17 bits per heavy atom. The first kappa shape index (κ1) is 7.77. The molecule has 0 fully saturated rings. The van der Waals surface area contributed by atoms with Gasteiger partial charge in [0, 0.05) is 6.54 Å². The number of rotatable bonds is 1. The number of benzene rings is 1. The summed E-state index contributed by atoms with van der Waals surface area (Å²) >= 11 is 0. The van der Waals surface area contributed by atoms with Gasteiger partial charge < -0.3 is 10.4 Å². The third-order valence-electron chi connectivity index (χ3n) is 2.48. The van der Waals surface area contributed by atoms with Crippen LogP contribution in [-0.4, -0.2) is 11.7 Å². The summed E-state index contributed by atoms with van der Waals surface area (Å²) in [5.41, 5.74) is 3.89. The first-order valence-electron chi connectivity index (χ1n) is 4.25. The second-order valence-corrected chi connectivity index (χ2v) is 3.26. The highest BCUT2D eigenvalue weighted by Gasteiger charge is 2.21. The average Bonchev–Trinajstić information content (AvgIpc) is 2.49. The Balaban J connectivity index is 2.48. The van der Waals surface area contributed by atoms with Crippen molar-refractivity contribution in [3.63, 3.8) is 0 Å². The maximum absolute atomic E-state index is 9.07. The van der Waals surface area contributed by atoms with E-state index in [0.717, 1.165) is 6.54 Å². The minimum absolute atomic E-state index is 0.154. The lowest BCUT2D eigenvalue weighted by Gasteiger charge is -2.10.